The second kappa shape index (κ2) is 5.12. The summed E-state index contributed by atoms with van der Waals surface area (Å²) in [5.41, 5.74) is 1.15. The van der Waals surface area contributed by atoms with E-state index >= 15 is 0 Å². The molecular weight excluding hydrogens is 220 g/mol. The summed E-state index contributed by atoms with van der Waals surface area (Å²) >= 11 is 0. The van der Waals surface area contributed by atoms with E-state index in [-0.39, 0.29) is 5.97 Å². The maximum absolute atomic E-state index is 11.5. The zero-order chi connectivity index (χ0) is 12.3. The van der Waals surface area contributed by atoms with E-state index in [0.29, 0.717) is 0 Å². The topological polar surface area (TPSA) is 26.3 Å². The van der Waals surface area contributed by atoms with E-state index < -0.39 is 16.4 Å². The SMILES string of the molecule is C/C(=C\C(=O)O[Si](C)(C)C)C[Si](C)(C)C. The Hall–Kier alpha value is -0.356. The predicted octanol–water partition coefficient (Wildman–Crippen LogP) is 3.65. The minimum atomic E-state index is -1.73. The molecule has 0 rings (SSSR count). The molecule has 0 amide bonds. The van der Waals surface area contributed by atoms with E-state index in [1.807, 2.05) is 26.6 Å². The summed E-state index contributed by atoms with van der Waals surface area (Å²) in [5, 5.41) is 0. The Morgan fingerprint density at radius 2 is 1.60 bits per heavy atom. The number of allylic oxidation sites excluding steroid dienone is 1. The molecule has 0 bridgehead atoms. The van der Waals surface area contributed by atoms with Crippen LogP contribution in [-0.2, 0) is 9.22 Å². The van der Waals surface area contributed by atoms with E-state index in [9.17, 15) is 4.79 Å². The number of carbonyl (C=O) groups is 1. The molecule has 0 aromatic heterocycles. The lowest BCUT2D eigenvalue weighted by molar-refractivity contribution is -0.129. The van der Waals surface area contributed by atoms with Gasteiger partial charge in [-0.1, -0.05) is 25.2 Å². The van der Waals surface area contributed by atoms with Gasteiger partial charge in [0, 0.05) is 14.1 Å². The van der Waals surface area contributed by atoms with Crippen molar-refractivity contribution in [2.75, 3.05) is 0 Å². The highest BCUT2D eigenvalue weighted by Gasteiger charge is 2.19. The quantitative estimate of drug-likeness (QED) is 0.557. The molecule has 88 valence electrons. The molecule has 0 unspecified atom stereocenters. The minimum absolute atomic E-state index is 0.162. The average molecular weight is 244 g/mol. The molecule has 0 aliphatic heterocycles. The Bertz CT molecular complexity index is 257. The summed E-state index contributed by atoms with van der Waals surface area (Å²) in [7, 11) is -2.84. The molecule has 0 saturated carbocycles. The number of hydrogen-bond donors (Lipinski definition) is 0. The van der Waals surface area contributed by atoms with Gasteiger partial charge in [0.25, 0.3) is 0 Å². The van der Waals surface area contributed by atoms with Gasteiger partial charge in [-0.3, -0.25) is 0 Å². The van der Waals surface area contributed by atoms with Crippen molar-refractivity contribution in [1.82, 2.24) is 0 Å². The van der Waals surface area contributed by atoms with Gasteiger partial charge in [0.05, 0.1) is 0 Å². The third-order valence-corrected chi connectivity index (χ3v) is 4.01. The fourth-order valence-electron chi connectivity index (χ4n) is 1.42. The van der Waals surface area contributed by atoms with Crippen molar-refractivity contribution >= 4 is 22.4 Å². The van der Waals surface area contributed by atoms with Crippen molar-refractivity contribution in [3.8, 4) is 0 Å². The van der Waals surface area contributed by atoms with Crippen LogP contribution in [0.25, 0.3) is 0 Å². The van der Waals surface area contributed by atoms with E-state index in [1.54, 1.807) is 6.08 Å². The molecule has 0 aliphatic carbocycles. The summed E-state index contributed by atoms with van der Waals surface area (Å²) in [4.78, 5) is 11.5. The predicted molar refractivity (Wildman–Crippen MR) is 71.3 cm³/mol. The van der Waals surface area contributed by atoms with Crippen LogP contribution in [0.15, 0.2) is 11.6 Å². The largest absolute Gasteiger partial charge is 0.517 e. The van der Waals surface area contributed by atoms with Gasteiger partial charge in [-0.15, -0.1) is 0 Å². The van der Waals surface area contributed by atoms with Crippen LogP contribution in [0, 0.1) is 0 Å². The lowest BCUT2D eigenvalue weighted by Crippen LogP contribution is -2.28. The molecule has 15 heavy (non-hydrogen) atoms. The van der Waals surface area contributed by atoms with Crippen molar-refractivity contribution in [1.29, 1.82) is 0 Å². The molecule has 0 radical (unpaired) electrons. The summed E-state index contributed by atoms with van der Waals surface area (Å²) in [6.45, 7) is 15.0. The number of hydrogen-bond acceptors (Lipinski definition) is 2. The van der Waals surface area contributed by atoms with Gasteiger partial charge >= 0.3 is 5.97 Å². The van der Waals surface area contributed by atoms with Crippen LogP contribution in [0.2, 0.25) is 45.3 Å². The Morgan fingerprint density at radius 3 is 1.93 bits per heavy atom. The summed E-state index contributed by atoms with van der Waals surface area (Å²) in [5.74, 6) is -0.162. The van der Waals surface area contributed by atoms with E-state index in [0.717, 1.165) is 11.6 Å². The van der Waals surface area contributed by atoms with Crippen molar-refractivity contribution in [3.05, 3.63) is 11.6 Å². The van der Waals surface area contributed by atoms with Gasteiger partial charge in [-0.2, -0.15) is 0 Å². The summed E-state index contributed by atoms with van der Waals surface area (Å²) in [6.07, 6.45) is 1.66. The van der Waals surface area contributed by atoms with Crippen molar-refractivity contribution in [2.24, 2.45) is 0 Å². The van der Waals surface area contributed by atoms with Crippen LogP contribution in [0.5, 0.6) is 0 Å². The molecule has 0 aromatic carbocycles. The fraction of sp³-hybridized carbons (Fsp3) is 0.727. The molecule has 4 heteroatoms. The van der Waals surface area contributed by atoms with Crippen LogP contribution < -0.4 is 0 Å². The Balaban J connectivity index is 4.31. The molecule has 0 atom stereocenters. The fourth-order valence-corrected chi connectivity index (χ4v) is 3.86. The molecule has 0 aliphatic rings. The van der Waals surface area contributed by atoms with Crippen LogP contribution >= 0.6 is 0 Å². The maximum Gasteiger partial charge on any atom is 0.317 e. The number of rotatable bonds is 4. The van der Waals surface area contributed by atoms with Crippen LogP contribution in [0.1, 0.15) is 6.92 Å². The van der Waals surface area contributed by atoms with Gasteiger partial charge in [-0.05, 0) is 32.6 Å². The van der Waals surface area contributed by atoms with E-state index in [4.69, 9.17) is 4.43 Å². The van der Waals surface area contributed by atoms with E-state index in [2.05, 4.69) is 19.6 Å². The zero-order valence-electron chi connectivity index (χ0n) is 11.1. The molecule has 0 fully saturated rings. The zero-order valence-corrected chi connectivity index (χ0v) is 13.1. The van der Waals surface area contributed by atoms with Crippen LogP contribution in [-0.4, -0.2) is 22.4 Å². The van der Waals surface area contributed by atoms with Crippen LogP contribution in [0.4, 0.5) is 0 Å². The van der Waals surface area contributed by atoms with Gasteiger partial charge in [0.15, 0.2) is 0 Å². The van der Waals surface area contributed by atoms with Gasteiger partial charge < -0.3 is 4.43 Å². The first-order valence-electron chi connectivity index (χ1n) is 5.40. The molecule has 0 N–H and O–H groups in total. The van der Waals surface area contributed by atoms with Gasteiger partial charge in [0.2, 0.25) is 8.32 Å². The lowest BCUT2D eigenvalue weighted by Gasteiger charge is -2.18. The van der Waals surface area contributed by atoms with Crippen molar-refractivity contribution in [2.45, 2.75) is 52.2 Å². The summed E-state index contributed by atoms with van der Waals surface area (Å²) < 4.78 is 5.36. The maximum atomic E-state index is 11.5. The highest BCUT2D eigenvalue weighted by atomic mass is 28.4. The Labute approximate surface area is 95.9 Å². The number of carbonyl (C=O) groups excluding carboxylic acids is 1. The smallest absolute Gasteiger partial charge is 0.317 e. The summed E-state index contributed by atoms with van der Waals surface area (Å²) in [6, 6.07) is 1.06. The Morgan fingerprint density at radius 1 is 1.13 bits per heavy atom. The first-order chi connectivity index (χ1) is 6.49. The molecule has 2 nitrogen and oxygen atoms in total. The first kappa shape index (κ1) is 14.6. The van der Waals surface area contributed by atoms with Crippen molar-refractivity contribution < 1.29 is 9.22 Å². The standard InChI is InChI=1S/C11H24O2Si2/c1-10(9-14(2,3)4)8-11(12)13-15(5,6)7/h8H,9H2,1-7H3/b10-8+. The molecular formula is C11H24O2Si2. The van der Waals surface area contributed by atoms with Gasteiger partial charge in [0.1, 0.15) is 0 Å². The van der Waals surface area contributed by atoms with E-state index in [1.165, 1.54) is 0 Å². The molecule has 0 spiro atoms. The second-order valence-corrected chi connectivity index (χ2v) is 16.2. The molecule has 0 heterocycles. The second-order valence-electron chi connectivity index (χ2n) is 6.26. The normalized spacial score (nSPS) is 13.9. The van der Waals surface area contributed by atoms with Crippen molar-refractivity contribution in [3.63, 3.8) is 0 Å². The third kappa shape index (κ3) is 9.94. The minimum Gasteiger partial charge on any atom is -0.517 e. The van der Waals surface area contributed by atoms with Gasteiger partial charge in [-0.25, -0.2) is 4.79 Å². The average Bonchev–Trinajstić information content (AvgIpc) is 1.73. The third-order valence-electron chi connectivity index (χ3n) is 1.58. The Kier molecular flexibility index (Phi) is 5.00. The lowest BCUT2D eigenvalue weighted by atomic mass is 10.3. The molecule has 0 aromatic rings. The first-order valence-corrected chi connectivity index (χ1v) is 12.5. The van der Waals surface area contributed by atoms with Crippen LogP contribution in [0.3, 0.4) is 0 Å². The highest BCUT2D eigenvalue weighted by molar-refractivity contribution is 6.76. The highest BCUT2D eigenvalue weighted by Crippen LogP contribution is 2.16. The monoisotopic (exact) mass is 244 g/mol. The molecule has 0 saturated heterocycles.